The number of nitrogens with one attached hydrogen (secondary N) is 1. The lowest BCUT2D eigenvalue weighted by Crippen LogP contribution is -2.55. The Balaban J connectivity index is 1.05. The zero-order valence-corrected chi connectivity index (χ0v) is 30.0. The molecular formula is C37H48B2N6O7. The average molecular weight is 710 g/mol. The van der Waals surface area contributed by atoms with Crippen molar-refractivity contribution in [3.05, 3.63) is 47.5 Å². The Labute approximate surface area is 308 Å². The van der Waals surface area contributed by atoms with E-state index in [2.05, 4.69) is 15.1 Å². The molecule has 274 valence electrons. The Hall–Kier alpha value is -4.23. The largest absolute Gasteiger partial charge is 0.509 e. The predicted octanol–water partition coefficient (Wildman–Crippen LogP) is 0.754. The number of esters is 1. The number of amides is 4. The molecule has 3 fully saturated rings. The van der Waals surface area contributed by atoms with Crippen LogP contribution in [0.1, 0.15) is 43.7 Å². The highest BCUT2D eigenvalue weighted by Gasteiger charge is 2.37. The molecule has 0 saturated carbocycles. The molecular weight excluding hydrogens is 662 g/mol. The molecule has 2 N–H and O–H groups in total. The normalized spacial score (nSPS) is 20.1. The number of aromatic hydroxyl groups is 1. The molecule has 4 amide bonds. The summed E-state index contributed by atoms with van der Waals surface area (Å²) in [5, 5.41) is 13.1. The summed E-state index contributed by atoms with van der Waals surface area (Å²) in [7, 11) is 12.0. The molecule has 15 heteroatoms. The van der Waals surface area contributed by atoms with Crippen molar-refractivity contribution in [3.63, 3.8) is 0 Å². The third-order valence-electron chi connectivity index (χ3n) is 10.8. The number of ether oxygens (including phenoxy) is 2. The van der Waals surface area contributed by atoms with Crippen molar-refractivity contribution in [1.29, 1.82) is 0 Å². The number of benzene rings is 2. The van der Waals surface area contributed by atoms with Crippen LogP contribution in [0, 0.1) is 0 Å². The second-order valence-corrected chi connectivity index (χ2v) is 14.1. The number of hydrogen-bond acceptors (Lipinski definition) is 9. The van der Waals surface area contributed by atoms with Gasteiger partial charge >= 0.3 is 18.1 Å². The minimum Gasteiger partial charge on any atom is -0.509 e. The summed E-state index contributed by atoms with van der Waals surface area (Å²) in [4.78, 5) is 62.5. The van der Waals surface area contributed by atoms with Crippen LogP contribution in [0.5, 0.6) is 5.75 Å². The minimum atomic E-state index is -1.12. The van der Waals surface area contributed by atoms with Crippen LogP contribution in [-0.4, -0.2) is 160 Å². The second kappa shape index (κ2) is 17.1. The summed E-state index contributed by atoms with van der Waals surface area (Å²) in [6, 6.07) is 11.1. The number of carbonyl (C=O) groups excluding carboxylic acids is 4. The number of urea groups is 1. The van der Waals surface area contributed by atoms with Gasteiger partial charge < -0.3 is 34.6 Å². The van der Waals surface area contributed by atoms with E-state index in [9.17, 15) is 24.3 Å². The smallest absolute Gasteiger partial charge is 0.410 e. The van der Waals surface area contributed by atoms with E-state index in [1.807, 2.05) is 29.2 Å². The molecule has 0 unspecified atom stereocenters. The van der Waals surface area contributed by atoms with Crippen molar-refractivity contribution in [3.8, 4) is 5.75 Å². The highest BCUT2D eigenvalue weighted by atomic mass is 16.6. The van der Waals surface area contributed by atoms with E-state index < -0.39 is 12.2 Å². The van der Waals surface area contributed by atoms with Crippen molar-refractivity contribution in [2.45, 2.75) is 63.6 Å². The van der Waals surface area contributed by atoms with Crippen molar-refractivity contribution in [1.82, 2.24) is 24.5 Å². The number of phenols is 1. The standard InChI is InChI=1S/C37H48B2N6O7/c1-2-51-33(46)24-41-17-19-42(20-18-41)27-8-12-43(13-9-27)35(48)32(23-25-21-29(38)34(47)30(39)22-25)52-37(50)44-14-10-28(11-15-44)45-16-7-26-5-3-4-6-31(26)40-36(45)49/h3-6,21-22,27-28,32,47H,2,7-20,23-24H2,1H3,(H,40,49)/t32-/m1/s1. The minimum absolute atomic E-state index is 0.0272. The van der Waals surface area contributed by atoms with E-state index >= 15 is 0 Å². The Morgan fingerprint density at radius 2 is 1.52 bits per heavy atom. The van der Waals surface area contributed by atoms with Crippen LogP contribution < -0.4 is 16.2 Å². The third-order valence-corrected chi connectivity index (χ3v) is 10.8. The number of para-hydroxylation sites is 1. The van der Waals surface area contributed by atoms with Crippen LogP contribution in [0.4, 0.5) is 15.3 Å². The lowest BCUT2D eigenvalue weighted by atomic mass is 9.83. The SMILES string of the molecule is [B]c1cc(C[C@@H](OC(=O)N2CCC(N3CCc4ccccc4NC3=O)CC2)C(=O)N2CCC(N3CCN(CC(=O)OCC)CC3)CC2)cc([B])c1O. The maximum Gasteiger partial charge on any atom is 0.410 e. The van der Waals surface area contributed by atoms with E-state index in [1.165, 1.54) is 0 Å². The highest BCUT2D eigenvalue weighted by Crippen LogP contribution is 2.26. The van der Waals surface area contributed by atoms with Gasteiger partial charge in [-0.25, -0.2) is 9.59 Å². The van der Waals surface area contributed by atoms with E-state index in [1.54, 1.807) is 28.9 Å². The topological polar surface area (TPSA) is 135 Å². The fourth-order valence-corrected chi connectivity index (χ4v) is 7.88. The Kier molecular flexibility index (Phi) is 12.3. The van der Waals surface area contributed by atoms with Crippen molar-refractivity contribution in [2.24, 2.45) is 0 Å². The number of rotatable bonds is 9. The number of hydrogen-bond donors (Lipinski definition) is 2. The summed E-state index contributed by atoms with van der Waals surface area (Å²) in [5.74, 6) is -0.710. The molecule has 2 aromatic rings. The average Bonchev–Trinajstić information content (AvgIpc) is 3.31. The second-order valence-electron chi connectivity index (χ2n) is 14.1. The summed E-state index contributed by atoms with van der Waals surface area (Å²) in [6.45, 7) is 8.15. The van der Waals surface area contributed by atoms with Gasteiger partial charge in [0.1, 0.15) is 21.4 Å². The number of anilines is 1. The number of phenolic OH excluding ortho intramolecular Hbond substituents is 1. The lowest BCUT2D eigenvalue weighted by Gasteiger charge is -2.43. The lowest BCUT2D eigenvalue weighted by molar-refractivity contribution is -0.145. The molecule has 4 radical (unpaired) electrons. The molecule has 4 aliphatic heterocycles. The highest BCUT2D eigenvalue weighted by molar-refractivity contribution is 6.41. The fraction of sp³-hybridized carbons (Fsp3) is 0.568. The predicted molar refractivity (Wildman–Crippen MR) is 198 cm³/mol. The molecule has 0 bridgehead atoms. The summed E-state index contributed by atoms with van der Waals surface area (Å²) >= 11 is 0. The maximum absolute atomic E-state index is 14.1. The fourth-order valence-electron chi connectivity index (χ4n) is 7.88. The number of fused-ring (bicyclic) bond motifs is 1. The van der Waals surface area contributed by atoms with E-state index in [4.69, 9.17) is 25.2 Å². The monoisotopic (exact) mass is 710 g/mol. The van der Waals surface area contributed by atoms with Crippen LogP contribution in [-0.2, 0) is 31.9 Å². The van der Waals surface area contributed by atoms with E-state index in [-0.39, 0.29) is 47.0 Å². The summed E-state index contributed by atoms with van der Waals surface area (Å²) in [6.07, 6.45) is 1.84. The van der Waals surface area contributed by atoms with Gasteiger partial charge in [0.2, 0.25) is 0 Å². The van der Waals surface area contributed by atoms with Crippen LogP contribution in [0.25, 0.3) is 0 Å². The van der Waals surface area contributed by atoms with Crippen molar-refractivity contribution < 1.29 is 33.8 Å². The van der Waals surface area contributed by atoms with Crippen molar-refractivity contribution >= 4 is 56.3 Å². The number of likely N-dealkylation sites (tertiary alicyclic amines) is 2. The molecule has 4 aliphatic rings. The first-order chi connectivity index (χ1) is 25.1. The molecule has 6 rings (SSSR count). The van der Waals surface area contributed by atoms with Gasteiger partial charge in [0.25, 0.3) is 5.91 Å². The number of piperazine rings is 1. The van der Waals surface area contributed by atoms with Crippen molar-refractivity contribution in [2.75, 3.05) is 77.4 Å². The molecule has 2 aromatic carbocycles. The van der Waals surface area contributed by atoms with Gasteiger partial charge in [0.05, 0.1) is 13.2 Å². The molecule has 0 spiro atoms. The number of piperidine rings is 2. The molecule has 13 nitrogen and oxygen atoms in total. The van der Waals surface area contributed by atoms with Gasteiger partial charge in [-0.15, -0.1) is 0 Å². The van der Waals surface area contributed by atoms with Gasteiger partial charge in [-0.2, -0.15) is 0 Å². The third kappa shape index (κ3) is 9.03. The first kappa shape index (κ1) is 37.5. The van der Waals surface area contributed by atoms with Crippen LogP contribution in [0.15, 0.2) is 36.4 Å². The molecule has 0 aliphatic carbocycles. The maximum atomic E-state index is 14.1. The zero-order valence-electron chi connectivity index (χ0n) is 30.0. The van der Waals surface area contributed by atoms with Crippen LogP contribution in [0.2, 0.25) is 0 Å². The molecule has 1 atom stereocenters. The Bertz CT molecular complexity index is 1580. The van der Waals surface area contributed by atoms with Crippen LogP contribution in [0.3, 0.4) is 0 Å². The molecule has 4 heterocycles. The first-order valence-corrected chi connectivity index (χ1v) is 18.5. The van der Waals surface area contributed by atoms with Gasteiger partial charge in [-0.1, -0.05) is 41.3 Å². The van der Waals surface area contributed by atoms with Gasteiger partial charge in [-0.3, -0.25) is 19.4 Å². The zero-order chi connectivity index (χ0) is 36.8. The van der Waals surface area contributed by atoms with Gasteiger partial charge in [-0.05, 0) is 56.2 Å². The molecule has 52 heavy (non-hydrogen) atoms. The first-order valence-electron chi connectivity index (χ1n) is 18.5. The summed E-state index contributed by atoms with van der Waals surface area (Å²) in [5.41, 5.74) is 2.67. The van der Waals surface area contributed by atoms with Gasteiger partial charge in [0, 0.05) is 83.1 Å². The number of carbonyl (C=O) groups is 4. The molecule has 0 aromatic heterocycles. The Morgan fingerprint density at radius 1 is 0.885 bits per heavy atom. The molecule has 3 saturated heterocycles. The van der Waals surface area contributed by atoms with Crippen LogP contribution >= 0.6 is 0 Å². The van der Waals surface area contributed by atoms with E-state index in [0.717, 1.165) is 56.7 Å². The quantitative estimate of drug-likeness (QED) is 0.286. The van der Waals surface area contributed by atoms with Gasteiger partial charge in [0.15, 0.2) is 6.10 Å². The summed E-state index contributed by atoms with van der Waals surface area (Å²) < 4.78 is 11.1. The number of nitrogens with zero attached hydrogens (tertiary/aromatic N) is 5. The Morgan fingerprint density at radius 3 is 2.19 bits per heavy atom. The van der Waals surface area contributed by atoms with E-state index in [0.29, 0.717) is 70.3 Å².